The Kier molecular flexibility index (Phi) is 6.53. The fraction of sp³-hybridized carbons (Fsp3) is 0. The van der Waals surface area contributed by atoms with Crippen LogP contribution in [0.25, 0.3) is 76.5 Å². The van der Waals surface area contributed by atoms with Gasteiger partial charge in [-0.3, -0.25) is 0 Å². The molecule has 1 aromatic heterocycles. The van der Waals surface area contributed by atoms with Crippen LogP contribution >= 0.6 is 0 Å². The van der Waals surface area contributed by atoms with Gasteiger partial charge in [-0.05, 0) is 115 Å². The van der Waals surface area contributed by atoms with Gasteiger partial charge in [0.05, 0.1) is 0 Å². The summed E-state index contributed by atoms with van der Waals surface area (Å²) in [4.78, 5) is 2.36. The quantitative estimate of drug-likeness (QED) is 0.175. The van der Waals surface area contributed by atoms with Crippen LogP contribution in [0, 0.1) is 0 Å². The highest BCUT2D eigenvalue weighted by molar-refractivity contribution is 6.14. The number of anilines is 3. The van der Waals surface area contributed by atoms with E-state index in [-0.39, 0.29) is 0 Å². The second-order valence-electron chi connectivity index (χ2n) is 13.0. The van der Waals surface area contributed by atoms with E-state index >= 15 is 0 Å². The van der Waals surface area contributed by atoms with Gasteiger partial charge in [0, 0.05) is 27.8 Å². The lowest BCUT2D eigenvalue weighted by atomic mass is 9.93. The smallest absolute Gasteiger partial charge is 0.136 e. The minimum absolute atomic E-state index is 0.885. The summed E-state index contributed by atoms with van der Waals surface area (Å²) in [5, 5.41) is 9.67. The molecule has 0 aliphatic heterocycles. The molecule has 0 saturated heterocycles. The second-order valence-corrected chi connectivity index (χ2v) is 13.0. The van der Waals surface area contributed by atoms with Gasteiger partial charge in [0.1, 0.15) is 11.2 Å². The maximum Gasteiger partial charge on any atom is 0.136 e. The van der Waals surface area contributed by atoms with Crippen molar-refractivity contribution >= 4 is 71.3 Å². The minimum Gasteiger partial charge on any atom is -0.456 e. The summed E-state index contributed by atoms with van der Waals surface area (Å²) in [6.07, 6.45) is 0. The van der Waals surface area contributed by atoms with Crippen LogP contribution in [0.4, 0.5) is 17.1 Å². The summed E-state index contributed by atoms with van der Waals surface area (Å²) in [6.45, 7) is 0. The molecular weight excluding hydrogens is 607 g/mol. The first-order chi connectivity index (χ1) is 24.8. The Labute approximate surface area is 290 Å². The lowest BCUT2D eigenvalue weighted by Gasteiger charge is -2.26. The molecule has 2 heteroatoms. The van der Waals surface area contributed by atoms with E-state index < -0.39 is 0 Å². The zero-order chi connectivity index (χ0) is 33.0. The van der Waals surface area contributed by atoms with Crippen molar-refractivity contribution in [2.24, 2.45) is 0 Å². The zero-order valence-electron chi connectivity index (χ0n) is 27.3. The van der Waals surface area contributed by atoms with E-state index in [0.29, 0.717) is 0 Å². The normalized spacial score (nSPS) is 11.6. The number of hydrogen-bond acceptors (Lipinski definition) is 2. The summed E-state index contributed by atoms with van der Waals surface area (Å²) in [7, 11) is 0. The van der Waals surface area contributed by atoms with E-state index in [1.54, 1.807) is 0 Å². The number of rotatable bonds is 5. The van der Waals surface area contributed by atoms with E-state index in [4.69, 9.17) is 4.42 Å². The highest BCUT2D eigenvalue weighted by atomic mass is 16.3. The summed E-state index contributed by atoms with van der Waals surface area (Å²) < 4.78 is 6.40. The summed E-state index contributed by atoms with van der Waals surface area (Å²) in [5.41, 5.74) is 9.83. The van der Waals surface area contributed by atoms with Crippen LogP contribution in [-0.4, -0.2) is 0 Å². The van der Waals surface area contributed by atoms with Crippen molar-refractivity contribution in [3.63, 3.8) is 0 Å². The monoisotopic (exact) mass is 637 g/mol. The number of hydrogen-bond donors (Lipinski definition) is 0. The second kappa shape index (κ2) is 11.5. The molecule has 0 spiro atoms. The van der Waals surface area contributed by atoms with Crippen molar-refractivity contribution in [1.29, 1.82) is 0 Å². The Morgan fingerprint density at radius 3 is 1.74 bits per heavy atom. The van der Waals surface area contributed by atoms with Crippen LogP contribution in [0.3, 0.4) is 0 Å². The van der Waals surface area contributed by atoms with E-state index in [9.17, 15) is 0 Å². The molecule has 0 aliphatic rings. The van der Waals surface area contributed by atoms with Crippen molar-refractivity contribution in [3.8, 4) is 22.3 Å². The Balaban J connectivity index is 1.15. The fourth-order valence-electron chi connectivity index (χ4n) is 7.57. The summed E-state index contributed by atoms with van der Waals surface area (Å²) in [6, 6.07) is 67.6. The largest absolute Gasteiger partial charge is 0.456 e. The summed E-state index contributed by atoms with van der Waals surface area (Å²) in [5.74, 6) is 0. The molecular formula is C48H31NO. The van der Waals surface area contributed by atoms with Crippen LogP contribution in [0.1, 0.15) is 0 Å². The third kappa shape index (κ3) is 4.73. The molecule has 50 heavy (non-hydrogen) atoms. The van der Waals surface area contributed by atoms with Gasteiger partial charge in [-0.25, -0.2) is 0 Å². The number of fused-ring (bicyclic) bond motifs is 7. The van der Waals surface area contributed by atoms with Gasteiger partial charge in [-0.2, -0.15) is 0 Å². The van der Waals surface area contributed by atoms with Gasteiger partial charge in [-0.15, -0.1) is 0 Å². The topological polar surface area (TPSA) is 16.4 Å². The van der Waals surface area contributed by atoms with E-state index in [2.05, 4.69) is 193 Å². The molecule has 10 rings (SSSR count). The SMILES string of the molecule is c1ccc(-c2cccc(N(c3ccc(-c4cc5ccccc5c5ccccc45)cc3)c3ccc4oc5cc6ccccc6cc5c4c3)c2)cc1. The zero-order valence-corrected chi connectivity index (χ0v) is 27.3. The standard InChI is InChI=1S/C48H31NO/c1-2-11-32(12-3-1)34-16-10-17-39(27-34)49(40-25-26-47-46(31-40)45-28-35-13-4-5-14-36(35)30-48(45)50-47)38-23-21-33(22-24-38)44-29-37-15-6-7-18-41(37)42-19-8-9-20-43(42)44/h1-31H. The van der Waals surface area contributed by atoms with Crippen molar-refractivity contribution in [1.82, 2.24) is 0 Å². The number of furan rings is 1. The van der Waals surface area contributed by atoms with Crippen molar-refractivity contribution in [2.75, 3.05) is 4.90 Å². The fourth-order valence-corrected chi connectivity index (χ4v) is 7.57. The van der Waals surface area contributed by atoms with Gasteiger partial charge in [-0.1, -0.05) is 127 Å². The molecule has 0 aliphatic carbocycles. The van der Waals surface area contributed by atoms with Gasteiger partial charge in [0.2, 0.25) is 0 Å². The number of nitrogens with zero attached hydrogens (tertiary/aromatic N) is 1. The lowest BCUT2D eigenvalue weighted by Crippen LogP contribution is -2.10. The molecule has 0 bridgehead atoms. The summed E-state index contributed by atoms with van der Waals surface area (Å²) >= 11 is 0. The first-order valence-corrected chi connectivity index (χ1v) is 17.1. The van der Waals surface area contributed by atoms with Gasteiger partial charge < -0.3 is 9.32 Å². The van der Waals surface area contributed by atoms with Crippen LogP contribution in [0.2, 0.25) is 0 Å². The average Bonchev–Trinajstić information content (AvgIpc) is 3.54. The van der Waals surface area contributed by atoms with Crippen LogP contribution in [0.15, 0.2) is 192 Å². The minimum atomic E-state index is 0.885. The van der Waals surface area contributed by atoms with E-state index in [1.165, 1.54) is 54.6 Å². The van der Waals surface area contributed by atoms with Crippen molar-refractivity contribution in [2.45, 2.75) is 0 Å². The van der Waals surface area contributed by atoms with Gasteiger partial charge in [0.15, 0.2) is 0 Å². The molecule has 0 N–H and O–H groups in total. The molecule has 1 heterocycles. The first kappa shape index (κ1) is 28.4. The highest BCUT2D eigenvalue weighted by Gasteiger charge is 2.17. The van der Waals surface area contributed by atoms with E-state index in [0.717, 1.165) is 39.0 Å². The third-order valence-electron chi connectivity index (χ3n) is 10.00. The van der Waals surface area contributed by atoms with Crippen LogP contribution in [0.5, 0.6) is 0 Å². The highest BCUT2D eigenvalue weighted by Crippen LogP contribution is 2.42. The van der Waals surface area contributed by atoms with Crippen LogP contribution < -0.4 is 4.90 Å². The maximum absolute atomic E-state index is 6.40. The maximum atomic E-state index is 6.40. The Morgan fingerprint density at radius 1 is 0.300 bits per heavy atom. The molecule has 0 fully saturated rings. The molecule has 10 aromatic rings. The Bertz CT molecular complexity index is 2870. The predicted octanol–water partition coefficient (Wildman–Crippen LogP) is 13.8. The Morgan fingerprint density at radius 2 is 0.920 bits per heavy atom. The third-order valence-corrected chi connectivity index (χ3v) is 10.00. The average molecular weight is 638 g/mol. The molecule has 0 unspecified atom stereocenters. The molecule has 9 aromatic carbocycles. The predicted molar refractivity (Wildman–Crippen MR) is 212 cm³/mol. The lowest BCUT2D eigenvalue weighted by molar-refractivity contribution is 0.669. The molecule has 0 radical (unpaired) electrons. The Hall–Kier alpha value is -6.64. The molecule has 0 saturated carbocycles. The van der Waals surface area contributed by atoms with Gasteiger partial charge in [0.25, 0.3) is 0 Å². The number of benzene rings is 9. The molecule has 2 nitrogen and oxygen atoms in total. The van der Waals surface area contributed by atoms with Crippen molar-refractivity contribution < 1.29 is 4.42 Å². The molecule has 0 amide bonds. The van der Waals surface area contributed by atoms with Crippen LogP contribution in [-0.2, 0) is 0 Å². The van der Waals surface area contributed by atoms with Crippen molar-refractivity contribution in [3.05, 3.63) is 188 Å². The first-order valence-electron chi connectivity index (χ1n) is 17.1. The van der Waals surface area contributed by atoms with E-state index in [1.807, 2.05) is 0 Å². The van der Waals surface area contributed by atoms with Gasteiger partial charge >= 0.3 is 0 Å². The molecule has 0 atom stereocenters. The molecule has 234 valence electrons.